The minimum absolute atomic E-state index is 0.0398. The Morgan fingerprint density at radius 2 is 1.71 bits per heavy atom. The summed E-state index contributed by atoms with van der Waals surface area (Å²) in [5.41, 5.74) is 4.58. The van der Waals surface area contributed by atoms with Gasteiger partial charge in [-0.15, -0.1) is 0 Å². The number of hydrogen-bond donors (Lipinski definition) is 2. The predicted octanol–water partition coefficient (Wildman–Crippen LogP) is 4.36. The van der Waals surface area contributed by atoms with Gasteiger partial charge in [0, 0.05) is 30.7 Å². The summed E-state index contributed by atoms with van der Waals surface area (Å²) in [6, 6.07) is 15.8. The first-order valence-electron chi connectivity index (χ1n) is 11.5. The normalized spacial score (nSPS) is 13.0. The molecule has 0 radical (unpaired) electrons. The Hall–Kier alpha value is -3.00. The van der Waals surface area contributed by atoms with Gasteiger partial charge in [0.25, 0.3) is 0 Å². The van der Waals surface area contributed by atoms with E-state index in [1.165, 1.54) is 4.90 Å². The number of carboxylic acid groups (broad SMARTS) is 1. The number of aliphatic carboxylic acids is 1. The van der Waals surface area contributed by atoms with Gasteiger partial charge in [-0.05, 0) is 34.9 Å². The molecular weight excluding hydrogens is 452 g/mol. The summed E-state index contributed by atoms with van der Waals surface area (Å²) in [6.45, 7) is 2.18. The third kappa shape index (κ3) is 6.53. The van der Waals surface area contributed by atoms with E-state index in [1.54, 1.807) is 11.8 Å². The molecular formula is C26H32N2O5S. The highest BCUT2D eigenvalue weighted by molar-refractivity contribution is 7.98. The number of nitrogens with zero attached hydrogens (tertiary/aromatic N) is 1. The number of carboxylic acids is 1. The molecule has 7 nitrogen and oxygen atoms in total. The summed E-state index contributed by atoms with van der Waals surface area (Å²) in [6.07, 6.45) is 2.74. The van der Waals surface area contributed by atoms with E-state index in [-0.39, 0.29) is 31.4 Å². The molecule has 0 fully saturated rings. The van der Waals surface area contributed by atoms with Crippen LogP contribution < -0.4 is 5.32 Å². The number of carbonyl (C=O) groups is 3. The van der Waals surface area contributed by atoms with E-state index in [0.29, 0.717) is 18.7 Å². The van der Waals surface area contributed by atoms with E-state index < -0.39 is 18.1 Å². The molecule has 3 rings (SSSR count). The lowest BCUT2D eigenvalue weighted by Gasteiger charge is -2.24. The number of carbonyl (C=O) groups excluding carboxylic acids is 2. The number of benzene rings is 2. The van der Waals surface area contributed by atoms with Gasteiger partial charge in [0.1, 0.15) is 13.2 Å². The van der Waals surface area contributed by atoms with Crippen molar-refractivity contribution in [1.82, 2.24) is 10.2 Å². The van der Waals surface area contributed by atoms with Gasteiger partial charge in [-0.2, -0.15) is 11.8 Å². The number of ether oxygens (including phenoxy) is 1. The van der Waals surface area contributed by atoms with Crippen LogP contribution in [0.4, 0.5) is 4.79 Å². The van der Waals surface area contributed by atoms with Crippen molar-refractivity contribution < 1.29 is 24.2 Å². The molecule has 1 aliphatic rings. The summed E-state index contributed by atoms with van der Waals surface area (Å²) in [5.74, 6) is -0.723. The van der Waals surface area contributed by atoms with Crippen LogP contribution in [0.1, 0.15) is 43.2 Å². The zero-order valence-electron chi connectivity index (χ0n) is 19.7. The van der Waals surface area contributed by atoms with E-state index in [0.717, 1.165) is 28.7 Å². The Labute approximate surface area is 204 Å². The molecule has 0 saturated heterocycles. The summed E-state index contributed by atoms with van der Waals surface area (Å²) >= 11 is 1.55. The maximum atomic E-state index is 12.8. The average molecular weight is 485 g/mol. The fraction of sp³-hybridized carbons (Fsp3) is 0.423. The smallest absolute Gasteiger partial charge is 0.407 e. The van der Waals surface area contributed by atoms with Gasteiger partial charge in [-0.3, -0.25) is 9.59 Å². The van der Waals surface area contributed by atoms with Gasteiger partial charge < -0.3 is 20.1 Å². The van der Waals surface area contributed by atoms with Crippen LogP contribution in [-0.2, 0) is 14.3 Å². The van der Waals surface area contributed by atoms with Crippen molar-refractivity contribution >= 4 is 29.7 Å². The van der Waals surface area contributed by atoms with Gasteiger partial charge in [0.15, 0.2) is 0 Å². The lowest BCUT2D eigenvalue weighted by atomic mass is 9.98. The molecule has 182 valence electrons. The fourth-order valence-corrected chi connectivity index (χ4v) is 4.78. The molecule has 8 heteroatoms. The van der Waals surface area contributed by atoms with Crippen LogP contribution in [0.15, 0.2) is 48.5 Å². The topological polar surface area (TPSA) is 95.9 Å². The maximum absolute atomic E-state index is 12.8. The van der Waals surface area contributed by atoms with Gasteiger partial charge in [-0.1, -0.05) is 61.9 Å². The van der Waals surface area contributed by atoms with E-state index in [2.05, 4.69) is 29.6 Å². The molecule has 0 spiro atoms. The van der Waals surface area contributed by atoms with E-state index in [9.17, 15) is 14.4 Å². The molecule has 0 aromatic heterocycles. The lowest BCUT2D eigenvalue weighted by molar-refractivity contribution is -0.144. The maximum Gasteiger partial charge on any atom is 0.407 e. The van der Waals surface area contributed by atoms with Crippen molar-refractivity contribution in [1.29, 1.82) is 0 Å². The number of fused-ring (bicyclic) bond motifs is 3. The van der Waals surface area contributed by atoms with Crippen molar-refractivity contribution in [3.63, 3.8) is 0 Å². The van der Waals surface area contributed by atoms with Crippen LogP contribution in [0.5, 0.6) is 0 Å². The Kier molecular flexibility index (Phi) is 9.39. The van der Waals surface area contributed by atoms with Crippen LogP contribution >= 0.6 is 11.8 Å². The largest absolute Gasteiger partial charge is 0.480 e. The van der Waals surface area contributed by atoms with Crippen LogP contribution in [-0.4, -0.2) is 65.7 Å². The van der Waals surface area contributed by atoms with E-state index in [1.807, 2.05) is 37.4 Å². The van der Waals surface area contributed by atoms with Crippen LogP contribution in [0.3, 0.4) is 0 Å². The first-order chi connectivity index (χ1) is 16.4. The van der Waals surface area contributed by atoms with Crippen molar-refractivity contribution in [3.8, 4) is 11.1 Å². The Morgan fingerprint density at radius 1 is 1.09 bits per heavy atom. The van der Waals surface area contributed by atoms with Crippen molar-refractivity contribution in [2.75, 3.05) is 31.7 Å². The number of thioether (sulfide) groups is 1. The Balaban J connectivity index is 1.61. The SMILES string of the molecule is CCC[C@@H](CC(=O)N(CCSC)CC(=O)O)NC(=O)OCC1c2ccccc2-c2ccccc21. The Morgan fingerprint density at radius 3 is 2.26 bits per heavy atom. The van der Waals surface area contributed by atoms with Crippen molar-refractivity contribution in [3.05, 3.63) is 59.7 Å². The number of hydrogen-bond acceptors (Lipinski definition) is 5. The second kappa shape index (κ2) is 12.5. The minimum Gasteiger partial charge on any atom is -0.480 e. The summed E-state index contributed by atoms with van der Waals surface area (Å²) in [7, 11) is 0. The molecule has 2 amide bonds. The summed E-state index contributed by atoms with van der Waals surface area (Å²) in [4.78, 5) is 37.9. The number of rotatable bonds is 12. The van der Waals surface area contributed by atoms with Crippen molar-refractivity contribution in [2.45, 2.75) is 38.1 Å². The predicted molar refractivity (Wildman–Crippen MR) is 134 cm³/mol. The van der Waals surface area contributed by atoms with Crippen LogP contribution in [0, 0.1) is 0 Å². The third-order valence-corrected chi connectivity index (χ3v) is 6.56. The first-order valence-corrected chi connectivity index (χ1v) is 12.9. The zero-order valence-corrected chi connectivity index (χ0v) is 20.5. The molecule has 2 N–H and O–H groups in total. The van der Waals surface area contributed by atoms with Crippen LogP contribution in [0.2, 0.25) is 0 Å². The molecule has 1 atom stereocenters. The Bertz CT molecular complexity index is 967. The van der Waals surface area contributed by atoms with Crippen LogP contribution in [0.25, 0.3) is 11.1 Å². The zero-order chi connectivity index (χ0) is 24.5. The number of nitrogens with one attached hydrogen (secondary N) is 1. The average Bonchev–Trinajstić information content (AvgIpc) is 3.14. The molecule has 0 bridgehead atoms. The molecule has 0 unspecified atom stereocenters. The fourth-order valence-electron chi connectivity index (χ4n) is 4.38. The minimum atomic E-state index is -1.05. The molecule has 0 aliphatic heterocycles. The van der Waals surface area contributed by atoms with Gasteiger partial charge >= 0.3 is 12.1 Å². The second-order valence-electron chi connectivity index (χ2n) is 8.36. The van der Waals surface area contributed by atoms with E-state index >= 15 is 0 Å². The highest BCUT2D eigenvalue weighted by Gasteiger charge is 2.29. The van der Waals surface area contributed by atoms with Gasteiger partial charge in [-0.25, -0.2) is 4.79 Å². The summed E-state index contributed by atoms with van der Waals surface area (Å²) in [5, 5.41) is 12.0. The molecule has 2 aromatic carbocycles. The molecule has 2 aromatic rings. The molecule has 1 aliphatic carbocycles. The standard InChI is InChI=1S/C26H32N2O5S/c1-3-8-18(15-24(29)28(13-14-34-2)16-25(30)31)27-26(32)33-17-23-21-11-6-4-9-19(21)20-10-5-7-12-22(20)23/h4-7,9-12,18,23H,3,8,13-17H2,1-2H3,(H,27,32)(H,30,31)/t18-/m0/s1. The number of alkyl carbamates (subject to hydrolysis) is 1. The number of amides is 2. The molecule has 34 heavy (non-hydrogen) atoms. The molecule has 0 heterocycles. The quantitative estimate of drug-likeness (QED) is 0.465. The second-order valence-corrected chi connectivity index (χ2v) is 9.35. The summed E-state index contributed by atoms with van der Waals surface area (Å²) < 4.78 is 5.62. The molecule has 0 saturated carbocycles. The third-order valence-electron chi connectivity index (χ3n) is 5.97. The highest BCUT2D eigenvalue weighted by Crippen LogP contribution is 2.44. The van der Waals surface area contributed by atoms with Crippen molar-refractivity contribution in [2.24, 2.45) is 0 Å². The monoisotopic (exact) mass is 484 g/mol. The first kappa shape index (κ1) is 25.6. The van der Waals surface area contributed by atoms with E-state index in [4.69, 9.17) is 9.84 Å². The lowest BCUT2D eigenvalue weighted by Crippen LogP contribution is -2.43. The van der Waals surface area contributed by atoms with Gasteiger partial charge in [0.2, 0.25) is 5.91 Å². The van der Waals surface area contributed by atoms with Gasteiger partial charge in [0.05, 0.1) is 0 Å². The highest BCUT2D eigenvalue weighted by atomic mass is 32.2.